The normalized spacial score (nSPS) is 37.6. The Balaban J connectivity index is 2.35. The Morgan fingerprint density at radius 2 is 2.12 bits per heavy atom. The molecule has 0 aromatic rings. The molecule has 3 atom stereocenters. The van der Waals surface area contributed by atoms with Crippen LogP contribution in [0.25, 0.3) is 0 Å². The first-order valence-corrected chi connectivity index (χ1v) is 5.85. The number of carbonyl (C=O) groups is 3. The smallest absolute Gasteiger partial charge is 0.348 e. The number of carboxylic acids is 1. The molecule has 0 unspecified atom stereocenters. The average molecular weight is 338 g/mol. The summed E-state index contributed by atoms with van der Waals surface area (Å²) in [5.74, 6) is -1.94. The topological polar surface area (TPSA) is 77.9 Å². The summed E-state index contributed by atoms with van der Waals surface area (Å²) in [5, 5.41) is 9.07. The summed E-state index contributed by atoms with van der Waals surface area (Å²) in [4.78, 5) is 37.6. The number of ketones is 1. The number of amides is 1. The van der Waals surface area contributed by atoms with Crippen LogP contribution < -0.4 is 0 Å². The van der Waals surface area contributed by atoms with Crippen LogP contribution in [0.15, 0.2) is 0 Å². The summed E-state index contributed by atoms with van der Waals surface area (Å²) in [6.07, 6.45) is 0.129. The predicted octanol–water partition coefficient (Wildman–Crippen LogP) is -0.684. The Hall–Kier alpha value is -0.700. The van der Waals surface area contributed by atoms with Crippen molar-refractivity contribution in [2.24, 2.45) is 0 Å². The van der Waals surface area contributed by atoms with Crippen molar-refractivity contribution in [1.29, 1.82) is 0 Å². The fraction of sp³-hybridized carbons (Fsp3) is 0.667. The van der Waals surface area contributed by atoms with Gasteiger partial charge in [-0.15, -0.1) is 0 Å². The van der Waals surface area contributed by atoms with Crippen LogP contribution in [0.4, 0.5) is 0 Å². The minimum absolute atomic E-state index is 0.129. The number of nitrogens with zero attached hydrogens (tertiary/aromatic N) is 2. The quantitative estimate of drug-likeness (QED) is 0.237. The zero-order valence-corrected chi connectivity index (χ0v) is 11.0. The van der Waals surface area contributed by atoms with Crippen LogP contribution in [-0.4, -0.2) is 62.3 Å². The Labute approximate surface area is 106 Å². The van der Waals surface area contributed by atoms with Crippen molar-refractivity contribution in [3.05, 3.63) is 0 Å². The zero-order chi connectivity index (χ0) is 12.2. The molecule has 2 saturated heterocycles. The third-order valence-corrected chi connectivity index (χ3v) is 4.71. The lowest BCUT2D eigenvalue weighted by Crippen LogP contribution is -2.72. The molecule has 0 spiro atoms. The van der Waals surface area contributed by atoms with E-state index < -0.39 is 15.3 Å². The van der Waals surface area contributed by atoms with E-state index >= 15 is 0 Å². The van der Waals surface area contributed by atoms with E-state index in [0.29, 0.717) is 0 Å². The largest absolute Gasteiger partial charge is 0.479 e. The fourth-order valence-corrected chi connectivity index (χ4v) is 3.18. The first-order valence-electron chi connectivity index (χ1n) is 4.77. The molecule has 0 bridgehead atoms. The summed E-state index contributed by atoms with van der Waals surface area (Å²) < 4.78 is -1.69. The highest BCUT2D eigenvalue weighted by atomic mass is 127. The molecule has 0 radical (unpaired) electrons. The molecule has 2 heterocycles. The monoisotopic (exact) mass is 338 g/mol. The number of Topliss-reactive ketones (excluding diaryl/α,β-unsaturated/α-hetero) is 1. The average Bonchev–Trinajstić information content (AvgIpc) is 2.36. The van der Waals surface area contributed by atoms with Crippen molar-refractivity contribution < 1.29 is 19.5 Å². The predicted molar refractivity (Wildman–Crippen MR) is 62.1 cm³/mol. The van der Waals surface area contributed by atoms with Crippen molar-refractivity contribution in [3.8, 4) is 0 Å². The van der Waals surface area contributed by atoms with E-state index in [1.165, 1.54) is 4.90 Å². The van der Waals surface area contributed by atoms with Crippen LogP contribution in [0, 0.1) is 0 Å². The van der Waals surface area contributed by atoms with Gasteiger partial charge in [0.1, 0.15) is 6.04 Å². The van der Waals surface area contributed by atoms with Crippen LogP contribution in [0.1, 0.15) is 6.42 Å². The minimum Gasteiger partial charge on any atom is -0.479 e. The number of halogens is 1. The highest BCUT2D eigenvalue weighted by Crippen LogP contribution is 2.45. The summed E-state index contributed by atoms with van der Waals surface area (Å²) in [6.45, 7) is 0. The van der Waals surface area contributed by atoms with Gasteiger partial charge in [0.15, 0.2) is 5.78 Å². The SMILES string of the molecule is CN(C)[C@H]1C(=O)N2[C@@H]1CC(=O)[C@@]2(I)C(=O)O. The molecule has 0 aromatic carbocycles. The van der Waals surface area contributed by atoms with Gasteiger partial charge in [-0.3, -0.25) is 14.5 Å². The van der Waals surface area contributed by atoms with Crippen molar-refractivity contribution in [3.63, 3.8) is 0 Å². The Kier molecular flexibility index (Phi) is 2.50. The minimum atomic E-state index is -1.69. The number of carbonyl (C=O) groups excluding carboxylic acids is 2. The number of hydrogen-bond acceptors (Lipinski definition) is 4. The highest BCUT2D eigenvalue weighted by Gasteiger charge is 2.68. The van der Waals surface area contributed by atoms with E-state index in [2.05, 4.69) is 0 Å². The number of carboxylic acid groups (broad SMARTS) is 1. The van der Waals surface area contributed by atoms with Crippen molar-refractivity contribution in [1.82, 2.24) is 9.80 Å². The number of aliphatic carboxylic acids is 1. The number of fused-ring (bicyclic) bond motifs is 1. The molecule has 2 aliphatic rings. The number of rotatable bonds is 2. The maximum absolute atomic E-state index is 11.8. The van der Waals surface area contributed by atoms with Gasteiger partial charge in [-0.1, -0.05) is 0 Å². The lowest BCUT2D eigenvalue weighted by Gasteiger charge is -2.48. The molecule has 2 rings (SSSR count). The van der Waals surface area contributed by atoms with Crippen LogP contribution in [0.2, 0.25) is 0 Å². The summed E-state index contributed by atoms with van der Waals surface area (Å²) >= 11 is 1.56. The van der Waals surface area contributed by atoms with Crippen LogP contribution >= 0.6 is 22.6 Å². The van der Waals surface area contributed by atoms with Gasteiger partial charge in [0.05, 0.1) is 6.04 Å². The van der Waals surface area contributed by atoms with Crippen LogP contribution in [0.3, 0.4) is 0 Å². The number of hydrogen-bond donors (Lipinski definition) is 1. The van der Waals surface area contributed by atoms with Gasteiger partial charge in [-0.25, -0.2) is 4.79 Å². The molecule has 0 aromatic heterocycles. The third kappa shape index (κ3) is 1.18. The second-order valence-corrected chi connectivity index (χ2v) is 5.80. The van der Waals surface area contributed by atoms with Crippen LogP contribution in [-0.2, 0) is 14.4 Å². The Bertz CT molecular complexity index is 397. The number of likely N-dealkylation sites (N-methyl/N-ethyl adjacent to an activating group) is 1. The van der Waals surface area contributed by atoms with Crippen molar-refractivity contribution in [2.45, 2.75) is 22.1 Å². The molecular weight excluding hydrogens is 327 g/mol. The van der Waals surface area contributed by atoms with E-state index in [1.54, 1.807) is 41.6 Å². The highest BCUT2D eigenvalue weighted by molar-refractivity contribution is 14.1. The van der Waals surface area contributed by atoms with Crippen molar-refractivity contribution >= 4 is 40.3 Å². The van der Waals surface area contributed by atoms with E-state index in [4.69, 9.17) is 5.11 Å². The van der Waals surface area contributed by atoms with Crippen LogP contribution in [0.5, 0.6) is 0 Å². The molecule has 0 saturated carbocycles. The van der Waals surface area contributed by atoms with E-state index in [1.807, 2.05) is 0 Å². The molecule has 0 aliphatic carbocycles. The molecule has 1 amide bonds. The number of alkyl halides is 1. The number of β-lactam (4-membered cyclic amide) rings is 1. The summed E-state index contributed by atoms with van der Waals surface area (Å²) in [7, 11) is 3.50. The van der Waals surface area contributed by atoms with Gasteiger partial charge < -0.3 is 10.0 Å². The van der Waals surface area contributed by atoms with Gasteiger partial charge in [-0.2, -0.15) is 0 Å². The maximum atomic E-state index is 11.8. The maximum Gasteiger partial charge on any atom is 0.348 e. The standard InChI is InChI=1S/C9H11IN2O4/c1-11(2)6-4-3-5(13)9(10,8(15)16)12(4)7(6)14/h4,6H,3H2,1-2H3,(H,15,16)/t4-,6-,9+/m1/s1. The molecule has 6 nitrogen and oxygen atoms in total. The van der Waals surface area contributed by atoms with Crippen molar-refractivity contribution in [2.75, 3.05) is 14.1 Å². The second-order valence-electron chi connectivity index (χ2n) is 4.24. The lowest BCUT2D eigenvalue weighted by molar-refractivity contribution is -0.166. The van der Waals surface area contributed by atoms with Gasteiger partial charge in [0.2, 0.25) is 5.91 Å². The molecule has 88 valence electrons. The molecular formula is C9H11IN2O4. The second kappa shape index (κ2) is 3.39. The van der Waals surface area contributed by atoms with Gasteiger partial charge in [0.25, 0.3) is 3.55 Å². The van der Waals surface area contributed by atoms with Gasteiger partial charge in [0, 0.05) is 6.42 Å². The summed E-state index contributed by atoms with van der Waals surface area (Å²) in [5.41, 5.74) is 0. The first-order chi connectivity index (χ1) is 7.31. The van der Waals surface area contributed by atoms with E-state index in [0.717, 1.165) is 0 Å². The van der Waals surface area contributed by atoms with Gasteiger partial charge in [-0.05, 0) is 36.7 Å². The Morgan fingerprint density at radius 3 is 2.56 bits per heavy atom. The molecule has 16 heavy (non-hydrogen) atoms. The zero-order valence-electron chi connectivity index (χ0n) is 8.81. The summed E-state index contributed by atoms with van der Waals surface area (Å²) in [6, 6.07) is -0.650. The molecule has 2 aliphatic heterocycles. The molecule has 2 fully saturated rings. The molecule has 7 heteroatoms. The molecule has 1 N–H and O–H groups in total. The lowest BCUT2D eigenvalue weighted by atomic mass is 9.95. The van der Waals surface area contributed by atoms with Gasteiger partial charge >= 0.3 is 5.97 Å². The third-order valence-electron chi connectivity index (χ3n) is 3.12. The fourth-order valence-electron chi connectivity index (χ4n) is 2.36. The first kappa shape index (κ1) is 11.8. The Morgan fingerprint density at radius 1 is 1.56 bits per heavy atom. The van der Waals surface area contributed by atoms with E-state index in [-0.39, 0.29) is 24.4 Å². The van der Waals surface area contributed by atoms with E-state index in [9.17, 15) is 14.4 Å².